The Labute approximate surface area is 57.2 Å². The van der Waals surface area contributed by atoms with Gasteiger partial charge in [0.1, 0.15) is 5.69 Å². The number of rotatable bonds is 0. The summed E-state index contributed by atoms with van der Waals surface area (Å²) in [6, 6.07) is 0. The molecular weight excluding hydrogens is 132 g/mol. The molecule has 0 spiro atoms. The molecule has 0 bridgehead atoms. The number of ketones is 1. The molecule has 1 aromatic rings. The molecule has 10 heavy (non-hydrogen) atoms. The van der Waals surface area contributed by atoms with Crippen molar-refractivity contribution in [1.82, 2.24) is 10.3 Å². The third-order valence-corrected chi connectivity index (χ3v) is 1.42. The van der Waals surface area contributed by atoms with Crippen molar-refractivity contribution in [2.75, 3.05) is 0 Å². The van der Waals surface area contributed by atoms with Crippen LogP contribution in [0.4, 0.5) is 0 Å². The third kappa shape index (κ3) is 0.650. The summed E-state index contributed by atoms with van der Waals surface area (Å²) < 4.78 is 4.38. The van der Waals surface area contributed by atoms with Gasteiger partial charge in [0.25, 0.3) is 0 Å². The Morgan fingerprint density at radius 1 is 1.50 bits per heavy atom. The van der Waals surface area contributed by atoms with Crippen molar-refractivity contribution in [2.24, 2.45) is 0 Å². The van der Waals surface area contributed by atoms with Crippen LogP contribution in [-0.2, 0) is 6.42 Å². The summed E-state index contributed by atoms with van der Waals surface area (Å²) in [6.07, 6.45) is 3.96. The molecule has 1 aliphatic carbocycles. The van der Waals surface area contributed by atoms with Crippen LogP contribution in [0.1, 0.15) is 22.6 Å². The Kier molecular flexibility index (Phi) is 1.06. The molecule has 4 heteroatoms. The quantitative estimate of drug-likeness (QED) is 0.514. The average molecular weight is 136 g/mol. The van der Waals surface area contributed by atoms with Crippen LogP contribution in [0.5, 0.6) is 0 Å². The number of aryl methyl sites for hydroxylation is 1. The normalized spacial score (nSPS) is 17.0. The van der Waals surface area contributed by atoms with Crippen LogP contribution in [0.3, 0.4) is 0 Å². The molecule has 0 saturated heterocycles. The summed E-state index contributed by atoms with van der Waals surface area (Å²) >= 11 is 0. The molecule has 1 heterocycles. The Balaban J connectivity index is 2.50. The van der Waals surface area contributed by atoms with Gasteiger partial charge in [-0.15, -0.1) is 0 Å². The highest BCUT2D eigenvalue weighted by atomic mass is 16.6. The lowest BCUT2D eigenvalue weighted by atomic mass is 10.0. The van der Waals surface area contributed by atoms with E-state index in [0.29, 0.717) is 24.2 Å². The van der Waals surface area contributed by atoms with Gasteiger partial charge in [-0.05, 0) is 18.0 Å². The second-order valence-corrected chi connectivity index (χ2v) is 2.07. The van der Waals surface area contributed by atoms with Crippen molar-refractivity contribution in [3.05, 3.63) is 17.8 Å². The highest BCUT2D eigenvalue weighted by Crippen LogP contribution is 2.15. The number of carbonyl (C=O) groups excluding carboxylic acids is 1. The lowest BCUT2D eigenvalue weighted by Gasteiger charge is -2.01. The molecule has 0 N–H and O–H groups in total. The van der Waals surface area contributed by atoms with E-state index in [4.69, 9.17) is 0 Å². The largest absolute Gasteiger partial charge is 0.292 e. The van der Waals surface area contributed by atoms with Crippen LogP contribution in [-0.4, -0.2) is 16.1 Å². The zero-order valence-electron chi connectivity index (χ0n) is 5.13. The summed E-state index contributed by atoms with van der Waals surface area (Å²) in [4.78, 5) is 10.9. The number of aromatic nitrogens is 2. The maximum atomic E-state index is 10.9. The van der Waals surface area contributed by atoms with Crippen molar-refractivity contribution < 1.29 is 9.42 Å². The minimum Gasteiger partial charge on any atom is -0.292 e. The minimum absolute atomic E-state index is 0.192. The maximum Gasteiger partial charge on any atom is 0.194 e. The van der Waals surface area contributed by atoms with E-state index in [-0.39, 0.29) is 5.78 Å². The van der Waals surface area contributed by atoms with Gasteiger partial charge in [-0.3, -0.25) is 4.79 Å². The summed E-state index contributed by atoms with van der Waals surface area (Å²) in [5, 5.41) is 7.00. The number of fused-ring (bicyclic) bond motifs is 1. The van der Waals surface area contributed by atoms with Gasteiger partial charge < -0.3 is 0 Å². The number of hydrogen-bond donors (Lipinski definition) is 0. The van der Waals surface area contributed by atoms with Crippen LogP contribution >= 0.6 is 0 Å². The van der Waals surface area contributed by atoms with Gasteiger partial charge >= 0.3 is 0 Å². The van der Waals surface area contributed by atoms with Gasteiger partial charge in [0.15, 0.2) is 11.5 Å². The van der Waals surface area contributed by atoms with E-state index in [1.807, 2.05) is 0 Å². The van der Waals surface area contributed by atoms with E-state index in [1.165, 1.54) is 0 Å². The van der Waals surface area contributed by atoms with Crippen LogP contribution < -0.4 is 0 Å². The molecule has 4 nitrogen and oxygen atoms in total. The van der Waals surface area contributed by atoms with Crippen molar-refractivity contribution in [3.63, 3.8) is 0 Å². The van der Waals surface area contributed by atoms with Gasteiger partial charge in [-0.1, -0.05) is 5.16 Å². The van der Waals surface area contributed by atoms with Crippen LogP contribution in [0, 0.1) is 6.42 Å². The third-order valence-electron chi connectivity index (χ3n) is 1.42. The predicted octanol–water partition coefficient (Wildman–Crippen LogP) is 0.280. The molecule has 0 amide bonds. The smallest absolute Gasteiger partial charge is 0.194 e. The van der Waals surface area contributed by atoms with Gasteiger partial charge in [0.05, 0.1) is 6.42 Å². The summed E-state index contributed by atoms with van der Waals surface area (Å²) in [5.41, 5.74) is 0.981. The molecule has 0 fully saturated rings. The fraction of sp³-hybridized carbons (Fsp3) is 0.333. The molecule has 0 aromatic carbocycles. The standard InChI is InChI=1S/C6H4N2O2/c9-5-3-1-2-4-6(5)8-10-7-4/h1-2H2. The Morgan fingerprint density at radius 3 is 3.20 bits per heavy atom. The SMILES string of the molecule is O=C1[C]CCc2nonc21. The van der Waals surface area contributed by atoms with E-state index in [9.17, 15) is 4.79 Å². The fourth-order valence-corrected chi connectivity index (χ4v) is 0.921. The van der Waals surface area contributed by atoms with Crippen LogP contribution in [0.15, 0.2) is 4.63 Å². The predicted molar refractivity (Wildman–Crippen MR) is 30.2 cm³/mol. The number of Topliss-reactive ketones (excluding diaryl/α,β-unsaturated/α-hetero) is 1. The molecular formula is C6H4N2O2. The topological polar surface area (TPSA) is 56.0 Å². The van der Waals surface area contributed by atoms with Crippen molar-refractivity contribution >= 4 is 5.78 Å². The average Bonchev–Trinajstić information content (AvgIpc) is 2.36. The van der Waals surface area contributed by atoms with E-state index >= 15 is 0 Å². The molecule has 1 aromatic heterocycles. The molecule has 0 aliphatic heterocycles. The van der Waals surface area contributed by atoms with Crippen molar-refractivity contribution in [3.8, 4) is 0 Å². The summed E-state index contributed by atoms with van der Waals surface area (Å²) in [6.45, 7) is 0. The molecule has 50 valence electrons. The Bertz CT molecular complexity index is 266. The first-order valence-electron chi connectivity index (χ1n) is 2.97. The monoisotopic (exact) mass is 136 g/mol. The zero-order chi connectivity index (χ0) is 6.97. The second kappa shape index (κ2) is 1.90. The van der Waals surface area contributed by atoms with Gasteiger partial charge in [-0.25, -0.2) is 4.63 Å². The molecule has 0 saturated carbocycles. The Hall–Kier alpha value is -1.19. The molecule has 0 atom stereocenters. The lowest BCUT2D eigenvalue weighted by molar-refractivity contribution is 0.101. The van der Waals surface area contributed by atoms with Gasteiger partial charge in [-0.2, -0.15) is 0 Å². The van der Waals surface area contributed by atoms with E-state index < -0.39 is 0 Å². The first kappa shape index (κ1) is 5.58. The summed E-state index contributed by atoms with van der Waals surface area (Å²) in [5.74, 6) is -0.192. The number of hydrogen-bond acceptors (Lipinski definition) is 4. The molecule has 2 radical (unpaired) electrons. The minimum atomic E-state index is -0.192. The van der Waals surface area contributed by atoms with Crippen LogP contribution in [0.25, 0.3) is 0 Å². The van der Waals surface area contributed by atoms with Gasteiger partial charge in [0.2, 0.25) is 0 Å². The van der Waals surface area contributed by atoms with Crippen molar-refractivity contribution in [2.45, 2.75) is 12.8 Å². The fourth-order valence-electron chi connectivity index (χ4n) is 0.921. The van der Waals surface area contributed by atoms with E-state index in [1.54, 1.807) is 0 Å². The van der Waals surface area contributed by atoms with E-state index in [2.05, 4.69) is 21.4 Å². The zero-order valence-corrected chi connectivity index (χ0v) is 5.13. The van der Waals surface area contributed by atoms with E-state index in [0.717, 1.165) is 0 Å². The highest BCUT2D eigenvalue weighted by Gasteiger charge is 2.22. The van der Waals surface area contributed by atoms with Gasteiger partial charge in [0, 0.05) is 0 Å². The Morgan fingerprint density at radius 2 is 2.40 bits per heavy atom. The lowest BCUT2D eigenvalue weighted by Crippen LogP contribution is -2.10. The second-order valence-electron chi connectivity index (χ2n) is 2.07. The molecule has 0 unspecified atom stereocenters. The number of carbonyl (C=O) groups is 1. The summed E-state index contributed by atoms with van der Waals surface area (Å²) in [7, 11) is 0. The van der Waals surface area contributed by atoms with Crippen LogP contribution in [0.2, 0.25) is 0 Å². The first-order chi connectivity index (χ1) is 4.88. The maximum absolute atomic E-state index is 10.9. The molecule has 1 aliphatic rings. The first-order valence-corrected chi connectivity index (χ1v) is 2.97. The highest BCUT2D eigenvalue weighted by molar-refractivity contribution is 6.02. The molecule has 2 rings (SSSR count). The van der Waals surface area contributed by atoms with Crippen molar-refractivity contribution in [1.29, 1.82) is 0 Å². The number of nitrogens with zero attached hydrogens (tertiary/aromatic N) is 2.